The quantitative estimate of drug-likeness (QED) is 0.866. The van der Waals surface area contributed by atoms with Gasteiger partial charge in [-0.15, -0.1) is 0 Å². The van der Waals surface area contributed by atoms with Gasteiger partial charge in [0.1, 0.15) is 5.69 Å². The molecule has 0 saturated heterocycles. The maximum atomic E-state index is 11.0. The fourth-order valence-corrected chi connectivity index (χ4v) is 2.12. The molecule has 2 heterocycles. The molecule has 0 radical (unpaired) electrons. The van der Waals surface area contributed by atoms with E-state index in [0.717, 1.165) is 18.5 Å². The van der Waals surface area contributed by atoms with E-state index in [2.05, 4.69) is 24.0 Å². The first kappa shape index (κ1) is 13.3. The van der Waals surface area contributed by atoms with E-state index in [1.807, 2.05) is 16.9 Å². The zero-order chi connectivity index (χ0) is 13.8. The molecule has 0 unspecified atom stereocenters. The summed E-state index contributed by atoms with van der Waals surface area (Å²) in [6.07, 6.45) is 5.48. The summed E-state index contributed by atoms with van der Waals surface area (Å²) in [5, 5.41) is 17.5. The number of aromatic carboxylic acids is 1. The van der Waals surface area contributed by atoms with Crippen molar-refractivity contribution in [1.82, 2.24) is 19.6 Å². The lowest BCUT2D eigenvalue weighted by atomic mass is 10.2. The van der Waals surface area contributed by atoms with Gasteiger partial charge in [0.2, 0.25) is 0 Å². The summed E-state index contributed by atoms with van der Waals surface area (Å²) in [5.74, 6) is -0.975. The second-order valence-corrected chi connectivity index (χ2v) is 4.44. The monoisotopic (exact) mass is 262 g/mol. The summed E-state index contributed by atoms with van der Waals surface area (Å²) >= 11 is 0. The molecule has 0 atom stereocenters. The highest BCUT2D eigenvalue weighted by atomic mass is 16.4. The predicted molar refractivity (Wildman–Crippen MR) is 70.1 cm³/mol. The van der Waals surface area contributed by atoms with Crippen molar-refractivity contribution in [2.75, 3.05) is 0 Å². The molecule has 0 aliphatic rings. The average Bonchev–Trinajstić information content (AvgIpc) is 3.01. The molecule has 0 spiro atoms. The van der Waals surface area contributed by atoms with E-state index in [9.17, 15) is 4.79 Å². The maximum Gasteiger partial charge on any atom is 0.354 e. The molecule has 0 aliphatic heterocycles. The van der Waals surface area contributed by atoms with Crippen molar-refractivity contribution in [3.63, 3.8) is 0 Å². The Labute approximate surface area is 111 Å². The van der Waals surface area contributed by atoms with Gasteiger partial charge in [0.25, 0.3) is 0 Å². The number of carbonyl (C=O) groups is 1. The number of rotatable bonds is 6. The van der Waals surface area contributed by atoms with E-state index in [0.29, 0.717) is 12.6 Å². The largest absolute Gasteiger partial charge is 0.477 e. The van der Waals surface area contributed by atoms with E-state index in [-0.39, 0.29) is 5.69 Å². The Kier molecular flexibility index (Phi) is 3.99. The Morgan fingerprint density at radius 3 is 2.74 bits per heavy atom. The average molecular weight is 262 g/mol. The second-order valence-electron chi connectivity index (χ2n) is 4.44. The van der Waals surface area contributed by atoms with Crippen LogP contribution in [0.15, 0.2) is 24.5 Å². The van der Waals surface area contributed by atoms with Crippen LogP contribution in [0.4, 0.5) is 0 Å². The van der Waals surface area contributed by atoms with Crippen LogP contribution < -0.4 is 0 Å². The number of nitrogens with zero attached hydrogens (tertiary/aromatic N) is 4. The lowest BCUT2D eigenvalue weighted by Gasteiger charge is -2.12. The van der Waals surface area contributed by atoms with Crippen molar-refractivity contribution < 1.29 is 9.90 Å². The standard InChI is InChI=1S/C13H18N4O2/c1-3-11(4-2)16-8-6-10(15-16)9-17-12(13(18)19)5-7-14-17/h5-8,11H,3-4,9H2,1-2H3,(H,18,19). The van der Waals surface area contributed by atoms with Gasteiger partial charge in [0, 0.05) is 12.4 Å². The molecule has 1 N–H and O–H groups in total. The van der Waals surface area contributed by atoms with Gasteiger partial charge in [0.15, 0.2) is 0 Å². The van der Waals surface area contributed by atoms with Crippen molar-refractivity contribution >= 4 is 5.97 Å². The van der Waals surface area contributed by atoms with Gasteiger partial charge in [-0.2, -0.15) is 10.2 Å². The molecule has 102 valence electrons. The van der Waals surface area contributed by atoms with E-state index in [1.54, 1.807) is 0 Å². The zero-order valence-corrected chi connectivity index (χ0v) is 11.2. The third kappa shape index (κ3) is 2.83. The molecular formula is C13H18N4O2. The molecule has 2 aromatic heterocycles. The lowest BCUT2D eigenvalue weighted by Crippen LogP contribution is -2.12. The van der Waals surface area contributed by atoms with Crippen LogP contribution in [-0.4, -0.2) is 30.6 Å². The SMILES string of the molecule is CCC(CC)n1ccc(Cn2nccc2C(=O)O)n1. The van der Waals surface area contributed by atoms with Gasteiger partial charge in [-0.1, -0.05) is 13.8 Å². The van der Waals surface area contributed by atoms with Crippen LogP contribution in [0.1, 0.15) is 48.9 Å². The predicted octanol–water partition coefficient (Wildman–Crippen LogP) is 2.19. The maximum absolute atomic E-state index is 11.0. The van der Waals surface area contributed by atoms with Crippen LogP contribution in [0.5, 0.6) is 0 Å². The summed E-state index contributed by atoms with van der Waals surface area (Å²) in [5.41, 5.74) is 0.996. The van der Waals surface area contributed by atoms with Gasteiger partial charge in [-0.3, -0.25) is 9.36 Å². The topological polar surface area (TPSA) is 72.9 Å². The Bertz CT molecular complexity index is 554. The highest BCUT2D eigenvalue weighted by molar-refractivity contribution is 5.85. The molecule has 0 saturated carbocycles. The van der Waals surface area contributed by atoms with Gasteiger partial charge >= 0.3 is 5.97 Å². The highest BCUT2D eigenvalue weighted by Crippen LogP contribution is 2.15. The van der Waals surface area contributed by atoms with E-state index >= 15 is 0 Å². The van der Waals surface area contributed by atoms with Gasteiger partial charge in [-0.25, -0.2) is 4.79 Å². The summed E-state index contributed by atoms with van der Waals surface area (Å²) in [6, 6.07) is 3.79. The van der Waals surface area contributed by atoms with Crippen molar-refractivity contribution in [3.8, 4) is 0 Å². The first-order chi connectivity index (χ1) is 9.15. The normalized spacial score (nSPS) is 11.1. The van der Waals surface area contributed by atoms with E-state index in [4.69, 9.17) is 5.11 Å². The summed E-state index contributed by atoms with van der Waals surface area (Å²) in [6.45, 7) is 4.64. The minimum Gasteiger partial charge on any atom is -0.477 e. The number of hydrogen-bond acceptors (Lipinski definition) is 3. The summed E-state index contributed by atoms with van der Waals surface area (Å²) < 4.78 is 3.39. The Morgan fingerprint density at radius 2 is 2.11 bits per heavy atom. The Hall–Kier alpha value is -2.11. The van der Waals surface area contributed by atoms with Gasteiger partial charge in [0.05, 0.1) is 18.3 Å². The number of carboxylic acid groups (broad SMARTS) is 1. The van der Waals surface area contributed by atoms with Crippen molar-refractivity contribution in [1.29, 1.82) is 0 Å². The fourth-order valence-electron chi connectivity index (χ4n) is 2.12. The first-order valence-electron chi connectivity index (χ1n) is 6.44. The minimum atomic E-state index is -0.975. The molecule has 2 rings (SSSR count). The minimum absolute atomic E-state index is 0.178. The number of carboxylic acids is 1. The molecule has 0 aromatic carbocycles. The van der Waals surface area contributed by atoms with E-state index < -0.39 is 5.97 Å². The first-order valence-corrected chi connectivity index (χ1v) is 6.44. The zero-order valence-electron chi connectivity index (χ0n) is 11.2. The van der Waals surface area contributed by atoms with Crippen molar-refractivity contribution in [3.05, 3.63) is 35.9 Å². The van der Waals surface area contributed by atoms with Gasteiger partial charge < -0.3 is 5.11 Å². The smallest absolute Gasteiger partial charge is 0.354 e. The molecule has 0 aliphatic carbocycles. The lowest BCUT2D eigenvalue weighted by molar-refractivity contribution is 0.0684. The molecule has 2 aromatic rings. The summed E-state index contributed by atoms with van der Waals surface area (Å²) in [4.78, 5) is 11.0. The molecule has 6 nitrogen and oxygen atoms in total. The second kappa shape index (κ2) is 5.69. The highest BCUT2D eigenvalue weighted by Gasteiger charge is 2.12. The molecule has 0 amide bonds. The Morgan fingerprint density at radius 1 is 1.37 bits per heavy atom. The van der Waals surface area contributed by atoms with Crippen LogP contribution in [0.2, 0.25) is 0 Å². The van der Waals surface area contributed by atoms with Gasteiger partial charge in [-0.05, 0) is 25.0 Å². The summed E-state index contributed by atoms with van der Waals surface area (Å²) in [7, 11) is 0. The molecule has 0 fully saturated rings. The number of hydrogen-bond donors (Lipinski definition) is 1. The fraction of sp³-hybridized carbons (Fsp3) is 0.462. The molecule has 0 bridgehead atoms. The third-order valence-electron chi connectivity index (χ3n) is 3.23. The van der Waals surface area contributed by atoms with Crippen LogP contribution in [-0.2, 0) is 6.54 Å². The van der Waals surface area contributed by atoms with E-state index in [1.165, 1.54) is 16.9 Å². The van der Waals surface area contributed by atoms with Crippen LogP contribution in [0.3, 0.4) is 0 Å². The van der Waals surface area contributed by atoms with Crippen molar-refractivity contribution in [2.24, 2.45) is 0 Å². The number of aromatic nitrogens is 4. The van der Waals surface area contributed by atoms with Crippen molar-refractivity contribution in [2.45, 2.75) is 39.3 Å². The molecule has 6 heteroatoms. The molecular weight excluding hydrogens is 244 g/mol. The Balaban J connectivity index is 2.16. The van der Waals surface area contributed by atoms with Crippen LogP contribution in [0, 0.1) is 0 Å². The van der Waals surface area contributed by atoms with Crippen LogP contribution in [0.25, 0.3) is 0 Å². The molecule has 19 heavy (non-hydrogen) atoms. The third-order valence-corrected chi connectivity index (χ3v) is 3.23. The van der Waals surface area contributed by atoms with Crippen LogP contribution >= 0.6 is 0 Å².